The van der Waals surface area contributed by atoms with Crippen LogP contribution < -0.4 is 16.0 Å². The number of halogens is 3. The Morgan fingerprint density at radius 3 is 2.85 bits per heavy atom. The van der Waals surface area contributed by atoms with Crippen LogP contribution in [-0.4, -0.2) is 36.1 Å². The molecule has 1 spiro atoms. The van der Waals surface area contributed by atoms with Crippen molar-refractivity contribution >= 4 is 44.9 Å². The Morgan fingerprint density at radius 2 is 2.19 bits per heavy atom. The predicted octanol–water partition coefficient (Wildman–Crippen LogP) is 3.62. The second-order valence-corrected chi connectivity index (χ2v) is 7.78. The van der Waals surface area contributed by atoms with Gasteiger partial charge in [0.1, 0.15) is 5.65 Å². The Morgan fingerprint density at radius 1 is 1.42 bits per heavy atom. The van der Waals surface area contributed by atoms with Gasteiger partial charge in [-0.3, -0.25) is 0 Å². The van der Waals surface area contributed by atoms with Crippen LogP contribution in [0.1, 0.15) is 12.8 Å². The number of benzene rings is 1. The molecule has 2 aliphatic rings. The first-order valence-corrected chi connectivity index (χ1v) is 8.99. The van der Waals surface area contributed by atoms with Crippen molar-refractivity contribution in [2.75, 3.05) is 30.4 Å². The molecule has 2 fully saturated rings. The van der Waals surface area contributed by atoms with Gasteiger partial charge in [-0.1, -0.05) is 11.6 Å². The molecule has 0 radical (unpaired) electrons. The number of aromatic amines is 1. The number of pyridine rings is 1. The summed E-state index contributed by atoms with van der Waals surface area (Å²) in [4.78, 5) is 9.55. The number of H-pyrrole nitrogens is 1. The fraction of sp³-hybridized carbons (Fsp3) is 0.389. The average Bonchev–Trinajstić information content (AvgIpc) is 2.98. The number of nitrogens with two attached hydrogens (primary N) is 1. The van der Waals surface area contributed by atoms with Crippen molar-refractivity contribution in [3.8, 4) is 0 Å². The van der Waals surface area contributed by atoms with E-state index < -0.39 is 11.6 Å². The third-order valence-electron chi connectivity index (χ3n) is 5.94. The van der Waals surface area contributed by atoms with Gasteiger partial charge in [0.2, 0.25) is 0 Å². The zero-order valence-corrected chi connectivity index (χ0v) is 14.9. The number of fused-ring (bicyclic) bond motifs is 3. The largest absolute Gasteiger partial charge is 0.386 e. The maximum Gasteiger partial charge on any atom is 0.169 e. The van der Waals surface area contributed by atoms with E-state index in [1.165, 1.54) is 0 Å². The van der Waals surface area contributed by atoms with Crippen LogP contribution >= 0.6 is 11.6 Å². The van der Waals surface area contributed by atoms with Crippen LogP contribution in [-0.2, 0) is 0 Å². The van der Waals surface area contributed by atoms with E-state index in [0.717, 1.165) is 32.0 Å². The molecule has 136 valence electrons. The summed E-state index contributed by atoms with van der Waals surface area (Å²) in [5.41, 5.74) is 8.38. The van der Waals surface area contributed by atoms with E-state index in [1.807, 2.05) is 0 Å². The minimum absolute atomic E-state index is 0.130. The van der Waals surface area contributed by atoms with Crippen molar-refractivity contribution in [1.29, 1.82) is 0 Å². The smallest absolute Gasteiger partial charge is 0.169 e. The minimum atomic E-state index is -0.907. The number of aromatic nitrogens is 2. The molecule has 2 atom stereocenters. The standard InChI is InChI=1S/C18H18ClF2N5/c1-23-10-4-9(20)14(21)12-13-16(8(19)6-24-17(13)25-15(10)12)26-3-2-18(7-26)5-11(18)22/h4,6,11,23H,2-3,5,7,22H2,1H3,(H,24,25). The zero-order valence-electron chi connectivity index (χ0n) is 14.2. The lowest BCUT2D eigenvalue weighted by atomic mass is 10.1. The number of hydrogen-bond donors (Lipinski definition) is 3. The van der Waals surface area contributed by atoms with Gasteiger partial charge in [-0.25, -0.2) is 13.8 Å². The van der Waals surface area contributed by atoms with E-state index in [0.29, 0.717) is 32.9 Å². The van der Waals surface area contributed by atoms with Gasteiger partial charge < -0.3 is 20.9 Å². The summed E-state index contributed by atoms with van der Waals surface area (Å²) in [6, 6.07) is 1.35. The normalized spacial score (nSPS) is 25.0. The van der Waals surface area contributed by atoms with Gasteiger partial charge in [-0.2, -0.15) is 0 Å². The fourth-order valence-corrected chi connectivity index (χ4v) is 4.62. The van der Waals surface area contributed by atoms with E-state index in [9.17, 15) is 8.78 Å². The van der Waals surface area contributed by atoms with Crippen LogP contribution in [0.4, 0.5) is 20.2 Å². The van der Waals surface area contributed by atoms with E-state index >= 15 is 0 Å². The Balaban J connectivity index is 1.81. The number of nitrogens with zero attached hydrogens (tertiary/aromatic N) is 2. The molecule has 2 aromatic heterocycles. The monoisotopic (exact) mass is 377 g/mol. The summed E-state index contributed by atoms with van der Waals surface area (Å²) < 4.78 is 29.0. The van der Waals surface area contributed by atoms with Crippen molar-refractivity contribution in [3.05, 3.63) is 28.9 Å². The molecule has 1 saturated carbocycles. The SMILES string of the molecule is CNc1cc(F)c(F)c2c1[nH]c1ncc(Cl)c(N3CCC4(CC4N)C3)c12. The maximum atomic E-state index is 14.8. The molecule has 3 aromatic rings. The molecule has 4 N–H and O–H groups in total. The van der Waals surface area contributed by atoms with Gasteiger partial charge in [-0.15, -0.1) is 0 Å². The number of nitrogens with one attached hydrogen (secondary N) is 2. The molecule has 0 bridgehead atoms. The van der Waals surface area contributed by atoms with E-state index in [-0.39, 0.29) is 16.8 Å². The highest BCUT2D eigenvalue weighted by Crippen LogP contribution is 2.54. The lowest BCUT2D eigenvalue weighted by molar-refractivity contribution is 0.518. The van der Waals surface area contributed by atoms with Gasteiger partial charge in [0.05, 0.1) is 38.9 Å². The van der Waals surface area contributed by atoms with Crippen molar-refractivity contribution in [2.24, 2.45) is 11.1 Å². The molecule has 8 heteroatoms. The second-order valence-electron chi connectivity index (χ2n) is 7.37. The predicted molar refractivity (Wildman–Crippen MR) is 99.9 cm³/mol. The zero-order chi connectivity index (χ0) is 18.2. The molecular formula is C18H18ClF2N5. The lowest BCUT2D eigenvalue weighted by Gasteiger charge is -2.21. The van der Waals surface area contributed by atoms with Crippen molar-refractivity contribution < 1.29 is 8.78 Å². The molecule has 5 nitrogen and oxygen atoms in total. The number of hydrogen-bond acceptors (Lipinski definition) is 4. The maximum absolute atomic E-state index is 14.8. The fourth-order valence-electron chi connectivity index (χ4n) is 4.36. The Labute approximate surface area is 153 Å². The van der Waals surface area contributed by atoms with E-state index in [1.54, 1.807) is 13.2 Å². The molecule has 1 saturated heterocycles. The quantitative estimate of drug-likeness (QED) is 0.638. The van der Waals surface area contributed by atoms with Gasteiger partial charge in [0.15, 0.2) is 11.6 Å². The molecule has 1 aliphatic carbocycles. The van der Waals surface area contributed by atoms with Crippen LogP contribution in [0.3, 0.4) is 0 Å². The van der Waals surface area contributed by atoms with Crippen molar-refractivity contribution in [3.63, 3.8) is 0 Å². The van der Waals surface area contributed by atoms with Gasteiger partial charge >= 0.3 is 0 Å². The molecule has 1 aliphatic heterocycles. The first kappa shape index (κ1) is 16.1. The molecule has 0 amide bonds. The van der Waals surface area contributed by atoms with E-state index in [2.05, 4.69) is 20.2 Å². The summed E-state index contributed by atoms with van der Waals surface area (Å²) >= 11 is 6.48. The highest BCUT2D eigenvalue weighted by Gasteiger charge is 2.55. The highest BCUT2D eigenvalue weighted by atomic mass is 35.5. The lowest BCUT2D eigenvalue weighted by Crippen LogP contribution is -2.23. The summed E-state index contributed by atoms with van der Waals surface area (Å²) in [5.74, 6) is -1.80. The summed E-state index contributed by atoms with van der Waals surface area (Å²) in [7, 11) is 1.66. The van der Waals surface area contributed by atoms with Gasteiger partial charge in [-0.05, 0) is 12.8 Å². The van der Waals surface area contributed by atoms with Crippen molar-refractivity contribution in [2.45, 2.75) is 18.9 Å². The van der Waals surface area contributed by atoms with Crippen molar-refractivity contribution in [1.82, 2.24) is 9.97 Å². The van der Waals surface area contributed by atoms with Gasteiger partial charge in [0.25, 0.3) is 0 Å². The summed E-state index contributed by atoms with van der Waals surface area (Å²) in [6.45, 7) is 1.56. The second kappa shape index (κ2) is 5.20. The molecule has 3 heterocycles. The third-order valence-corrected chi connectivity index (χ3v) is 6.22. The Kier molecular flexibility index (Phi) is 3.22. The van der Waals surface area contributed by atoms with Crippen LogP contribution in [0.25, 0.3) is 21.9 Å². The molecule has 2 unspecified atom stereocenters. The molecule has 26 heavy (non-hydrogen) atoms. The number of anilines is 2. The Bertz CT molecular complexity index is 1070. The van der Waals surface area contributed by atoms with Crippen LogP contribution in [0, 0.1) is 17.0 Å². The van der Waals surface area contributed by atoms with Crippen LogP contribution in [0.15, 0.2) is 12.3 Å². The first-order chi connectivity index (χ1) is 12.4. The minimum Gasteiger partial charge on any atom is -0.386 e. The first-order valence-electron chi connectivity index (χ1n) is 8.61. The summed E-state index contributed by atoms with van der Waals surface area (Å²) in [5, 5.41) is 4.03. The van der Waals surface area contributed by atoms with E-state index in [4.69, 9.17) is 17.3 Å². The number of rotatable bonds is 2. The molecule has 1 aromatic carbocycles. The molecular weight excluding hydrogens is 360 g/mol. The molecule has 5 rings (SSSR count). The Hall–Kier alpha value is -2.12. The summed E-state index contributed by atoms with van der Waals surface area (Å²) in [6.07, 6.45) is 3.53. The van der Waals surface area contributed by atoms with Gasteiger partial charge in [0, 0.05) is 37.7 Å². The highest BCUT2D eigenvalue weighted by molar-refractivity contribution is 6.36. The third kappa shape index (κ3) is 2.01. The topological polar surface area (TPSA) is 70.0 Å². The van der Waals surface area contributed by atoms with Crippen LogP contribution in [0.5, 0.6) is 0 Å². The van der Waals surface area contributed by atoms with Crippen LogP contribution in [0.2, 0.25) is 5.02 Å². The average molecular weight is 378 g/mol.